The fourth-order valence-corrected chi connectivity index (χ4v) is 4.88. The SMILES string of the molecule is O=C(/C=C/c1ccc(S(=O)(=O)NCc2ccco2)cc1)N1CCCN(Cc2ccccc2)CC1. The van der Waals surface area contributed by atoms with E-state index in [9.17, 15) is 13.2 Å². The molecule has 8 heteroatoms. The number of carbonyl (C=O) groups excluding carboxylic acids is 1. The topological polar surface area (TPSA) is 82.9 Å². The van der Waals surface area contributed by atoms with Crippen LogP contribution < -0.4 is 4.72 Å². The van der Waals surface area contributed by atoms with Crippen LogP contribution in [0.4, 0.5) is 0 Å². The number of carbonyl (C=O) groups is 1. The lowest BCUT2D eigenvalue weighted by Crippen LogP contribution is -2.34. The van der Waals surface area contributed by atoms with Gasteiger partial charge in [0.1, 0.15) is 5.76 Å². The van der Waals surface area contributed by atoms with Crippen molar-refractivity contribution in [3.05, 3.63) is 96.0 Å². The van der Waals surface area contributed by atoms with E-state index in [4.69, 9.17) is 4.42 Å². The molecule has 1 aliphatic heterocycles. The van der Waals surface area contributed by atoms with Crippen LogP contribution in [0.1, 0.15) is 23.3 Å². The zero-order chi connectivity index (χ0) is 23.8. The van der Waals surface area contributed by atoms with E-state index in [0.29, 0.717) is 12.3 Å². The number of hydrogen-bond acceptors (Lipinski definition) is 5. The molecule has 1 amide bonds. The molecule has 1 saturated heterocycles. The number of hydrogen-bond donors (Lipinski definition) is 1. The van der Waals surface area contributed by atoms with Crippen molar-refractivity contribution in [2.75, 3.05) is 26.2 Å². The number of rotatable bonds is 8. The molecule has 0 bridgehead atoms. The Bertz CT molecular complexity index is 1190. The Hall–Kier alpha value is -3.20. The molecule has 34 heavy (non-hydrogen) atoms. The van der Waals surface area contributed by atoms with Gasteiger partial charge in [0, 0.05) is 38.8 Å². The Morgan fingerprint density at radius 1 is 0.941 bits per heavy atom. The van der Waals surface area contributed by atoms with E-state index >= 15 is 0 Å². The van der Waals surface area contributed by atoms with Gasteiger partial charge in [-0.2, -0.15) is 0 Å². The third kappa shape index (κ3) is 6.66. The molecule has 1 aromatic heterocycles. The van der Waals surface area contributed by atoms with Gasteiger partial charge in [-0.3, -0.25) is 9.69 Å². The van der Waals surface area contributed by atoms with Crippen molar-refractivity contribution in [2.45, 2.75) is 24.4 Å². The first-order chi connectivity index (χ1) is 16.5. The molecular formula is C26H29N3O4S. The lowest BCUT2D eigenvalue weighted by atomic mass is 10.2. The van der Waals surface area contributed by atoms with Gasteiger partial charge >= 0.3 is 0 Å². The highest BCUT2D eigenvalue weighted by molar-refractivity contribution is 7.89. The molecule has 2 aromatic carbocycles. The zero-order valence-electron chi connectivity index (χ0n) is 19.0. The zero-order valence-corrected chi connectivity index (χ0v) is 19.8. The summed E-state index contributed by atoms with van der Waals surface area (Å²) >= 11 is 0. The number of nitrogens with one attached hydrogen (secondary N) is 1. The van der Waals surface area contributed by atoms with Crippen LogP contribution in [0.25, 0.3) is 6.08 Å². The van der Waals surface area contributed by atoms with Crippen LogP contribution in [0.3, 0.4) is 0 Å². The van der Waals surface area contributed by atoms with E-state index in [1.807, 2.05) is 23.1 Å². The van der Waals surface area contributed by atoms with Gasteiger partial charge in [0.25, 0.3) is 0 Å². The maximum atomic E-state index is 12.7. The number of furan rings is 1. The summed E-state index contributed by atoms with van der Waals surface area (Å²) < 4.78 is 32.6. The molecule has 1 fully saturated rings. The van der Waals surface area contributed by atoms with Gasteiger partial charge in [-0.25, -0.2) is 13.1 Å². The van der Waals surface area contributed by atoms with Crippen LogP contribution in [0.2, 0.25) is 0 Å². The van der Waals surface area contributed by atoms with Gasteiger partial charge in [-0.15, -0.1) is 0 Å². The first-order valence-corrected chi connectivity index (χ1v) is 12.8. The Kier molecular flexibility index (Phi) is 7.95. The first-order valence-electron chi connectivity index (χ1n) is 11.3. The molecule has 1 aliphatic rings. The number of benzene rings is 2. The summed E-state index contributed by atoms with van der Waals surface area (Å²) in [5.74, 6) is 0.511. The molecule has 4 rings (SSSR count). The second kappa shape index (κ2) is 11.3. The minimum atomic E-state index is -3.65. The molecule has 3 aromatic rings. The van der Waals surface area contributed by atoms with Crippen molar-refractivity contribution in [3.63, 3.8) is 0 Å². The number of sulfonamides is 1. The van der Waals surface area contributed by atoms with Crippen molar-refractivity contribution < 1.29 is 17.6 Å². The number of nitrogens with zero attached hydrogens (tertiary/aromatic N) is 2. The third-order valence-electron chi connectivity index (χ3n) is 5.77. The Morgan fingerprint density at radius 2 is 1.74 bits per heavy atom. The standard InChI is InChI=1S/C26H29N3O4S/c30-26(29-16-5-15-28(17-18-29)21-23-6-2-1-3-7-23)14-11-22-9-12-25(13-10-22)34(31,32)27-20-24-8-4-19-33-24/h1-4,6-14,19,27H,5,15-18,20-21H2/b14-11+. The summed E-state index contributed by atoms with van der Waals surface area (Å²) in [7, 11) is -3.65. The highest BCUT2D eigenvalue weighted by Crippen LogP contribution is 2.14. The predicted octanol–water partition coefficient (Wildman–Crippen LogP) is 3.51. The van der Waals surface area contributed by atoms with Crippen molar-refractivity contribution in [1.82, 2.24) is 14.5 Å². The van der Waals surface area contributed by atoms with E-state index in [1.165, 1.54) is 24.0 Å². The van der Waals surface area contributed by atoms with Crippen molar-refractivity contribution in [3.8, 4) is 0 Å². The van der Waals surface area contributed by atoms with E-state index in [-0.39, 0.29) is 17.3 Å². The highest BCUT2D eigenvalue weighted by atomic mass is 32.2. The summed E-state index contributed by atoms with van der Waals surface area (Å²) in [5.41, 5.74) is 2.04. The summed E-state index contributed by atoms with van der Waals surface area (Å²) in [4.78, 5) is 17.1. The van der Waals surface area contributed by atoms with Crippen molar-refractivity contribution in [1.29, 1.82) is 0 Å². The molecule has 178 valence electrons. The van der Waals surface area contributed by atoms with Crippen molar-refractivity contribution >= 4 is 22.0 Å². The monoisotopic (exact) mass is 479 g/mol. The first kappa shape index (κ1) is 23.9. The smallest absolute Gasteiger partial charge is 0.246 e. The average Bonchev–Trinajstić information content (AvgIpc) is 3.27. The molecule has 0 aliphatic carbocycles. The molecule has 0 atom stereocenters. The van der Waals surface area contributed by atoms with Crippen LogP contribution in [0.5, 0.6) is 0 Å². The molecule has 0 spiro atoms. The summed E-state index contributed by atoms with van der Waals surface area (Å²) in [6.45, 7) is 4.20. The van der Waals surface area contributed by atoms with E-state index in [2.05, 4.69) is 21.8 Å². The van der Waals surface area contributed by atoms with E-state index in [1.54, 1.807) is 36.4 Å². The number of amides is 1. The third-order valence-corrected chi connectivity index (χ3v) is 7.19. The van der Waals surface area contributed by atoms with Gasteiger partial charge < -0.3 is 9.32 Å². The van der Waals surface area contributed by atoms with Gasteiger partial charge in [-0.1, -0.05) is 42.5 Å². The molecule has 0 unspecified atom stereocenters. The van der Waals surface area contributed by atoms with Gasteiger partial charge in [0.05, 0.1) is 17.7 Å². The molecule has 0 saturated carbocycles. The van der Waals surface area contributed by atoms with E-state index in [0.717, 1.165) is 38.2 Å². The molecule has 0 radical (unpaired) electrons. The summed E-state index contributed by atoms with van der Waals surface area (Å²) in [6.07, 6.45) is 5.72. The molecular weight excluding hydrogens is 450 g/mol. The van der Waals surface area contributed by atoms with Crippen LogP contribution >= 0.6 is 0 Å². The quantitative estimate of drug-likeness (QED) is 0.500. The molecule has 7 nitrogen and oxygen atoms in total. The fraction of sp³-hybridized carbons (Fsp3) is 0.269. The maximum Gasteiger partial charge on any atom is 0.246 e. The van der Waals surface area contributed by atoms with Crippen LogP contribution in [0.15, 0.2) is 88.4 Å². The second-order valence-electron chi connectivity index (χ2n) is 8.25. The Morgan fingerprint density at radius 3 is 2.47 bits per heavy atom. The normalized spacial score (nSPS) is 15.5. The lowest BCUT2D eigenvalue weighted by molar-refractivity contribution is -0.125. The largest absolute Gasteiger partial charge is 0.468 e. The van der Waals surface area contributed by atoms with Gasteiger partial charge in [0.15, 0.2) is 0 Å². The van der Waals surface area contributed by atoms with E-state index < -0.39 is 10.0 Å². The minimum Gasteiger partial charge on any atom is -0.468 e. The molecule has 1 N–H and O–H groups in total. The van der Waals surface area contributed by atoms with Crippen LogP contribution in [-0.4, -0.2) is 50.3 Å². The van der Waals surface area contributed by atoms with Crippen LogP contribution in [-0.2, 0) is 27.9 Å². The second-order valence-corrected chi connectivity index (χ2v) is 10.0. The summed E-state index contributed by atoms with van der Waals surface area (Å²) in [6, 6.07) is 20.2. The predicted molar refractivity (Wildman–Crippen MR) is 131 cm³/mol. The Labute approximate surface area is 200 Å². The average molecular weight is 480 g/mol. The maximum absolute atomic E-state index is 12.7. The lowest BCUT2D eigenvalue weighted by Gasteiger charge is -2.21. The highest BCUT2D eigenvalue weighted by Gasteiger charge is 2.18. The Balaban J connectivity index is 1.29. The summed E-state index contributed by atoms with van der Waals surface area (Å²) in [5, 5.41) is 0. The van der Waals surface area contributed by atoms with Crippen LogP contribution in [0, 0.1) is 0 Å². The van der Waals surface area contributed by atoms with Crippen molar-refractivity contribution in [2.24, 2.45) is 0 Å². The van der Waals surface area contributed by atoms with Gasteiger partial charge in [-0.05, 0) is 47.9 Å². The molecule has 2 heterocycles. The van der Waals surface area contributed by atoms with Gasteiger partial charge in [0.2, 0.25) is 15.9 Å². The minimum absolute atomic E-state index is 0.0293. The fourth-order valence-electron chi connectivity index (χ4n) is 3.88.